The van der Waals surface area contributed by atoms with Crippen LogP contribution in [0.3, 0.4) is 0 Å². The van der Waals surface area contributed by atoms with E-state index in [1.807, 2.05) is 7.05 Å². The van der Waals surface area contributed by atoms with Crippen molar-refractivity contribution < 1.29 is 14.7 Å². The molecule has 1 aromatic carbocycles. The summed E-state index contributed by atoms with van der Waals surface area (Å²) in [6.07, 6.45) is 0.884. The molecule has 0 aliphatic carbocycles. The molecule has 0 aliphatic rings. The summed E-state index contributed by atoms with van der Waals surface area (Å²) in [6, 6.07) is 6.37. The van der Waals surface area contributed by atoms with Gasteiger partial charge in [-0.15, -0.1) is 0 Å². The van der Waals surface area contributed by atoms with Crippen LogP contribution in [0.5, 0.6) is 0 Å². The standard InChI is InChI=1S/C14H21N3O3/c1-15-7-4-8-17(2)14(20)16-10-11-5-3-6-12(9-11)13(18)19/h3,5-6,9,15H,4,7-8,10H2,1-2H3,(H,16,20)(H,18,19). The molecule has 0 saturated heterocycles. The number of urea groups is 1. The normalized spacial score (nSPS) is 10.1. The lowest BCUT2D eigenvalue weighted by Gasteiger charge is -2.17. The first-order chi connectivity index (χ1) is 9.54. The van der Waals surface area contributed by atoms with E-state index in [0.717, 1.165) is 18.5 Å². The summed E-state index contributed by atoms with van der Waals surface area (Å²) >= 11 is 0. The molecule has 20 heavy (non-hydrogen) atoms. The molecule has 0 bridgehead atoms. The third-order valence-electron chi connectivity index (χ3n) is 2.88. The summed E-state index contributed by atoms with van der Waals surface area (Å²) in [5.41, 5.74) is 0.987. The van der Waals surface area contributed by atoms with Crippen LogP contribution in [0.2, 0.25) is 0 Å². The molecule has 0 aromatic heterocycles. The second-order valence-electron chi connectivity index (χ2n) is 4.54. The minimum absolute atomic E-state index is 0.165. The lowest BCUT2D eigenvalue weighted by molar-refractivity contribution is 0.0696. The SMILES string of the molecule is CNCCCN(C)C(=O)NCc1cccc(C(=O)O)c1. The largest absolute Gasteiger partial charge is 0.478 e. The fourth-order valence-corrected chi connectivity index (χ4v) is 1.72. The number of nitrogens with one attached hydrogen (secondary N) is 2. The number of aromatic carboxylic acids is 1. The highest BCUT2D eigenvalue weighted by atomic mass is 16.4. The predicted octanol–water partition coefficient (Wildman–Crippen LogP) is 1.14. The van der Waals surface area contributed by atoms with Gasteiger partial charge in [0.15, 0.2) is 0 Å². The third kappa shape index (κ3) is 5.27. The average Bonchev–Trinajstić information content (AvgIpc) is 2.45. The van der Waals surface area contributed by atoms with Gasteiger partial charge in [-0.1, -0.05) is 12.1 Å². The number of benzene rings is 1. The molecule has 0 unspecified atom stereocenters. The number of amides is 2. The summed E-state index contributed by atoms with van der Waals surface area (Å²) in [5.74, 6) is -0.970. The van der Waals surface area contributed by atoms with Crippen LogP contribution >= 0.6 is 0 Å². The number of hydrogen-bond acceptors (Lipinski definition) is 3. The van der Waals surface area contributed by atoms with Crippen molar-refractivity contribution in [2.24, 2.45) is 0 Å². The van der Waals surface area contributed by atoms with E-state index in [0.29, 0.717) is 13.1 Å². The van der Waals surface area contributed by atoms with Gasteiger partial charge in [-0.2, -0.15) is 0 Å². The molecule has 0 heterocycles. The zero-order valence-corrected chi connectivity index (χ0v) is 11.8. The molecule has 0 spiro atoms. The van der Waals surface area contributed by atoms with E-state index in [9.17, 15) is 9.59 Å². The molecule has 1 rings (SSSR count). The van der Waals surface area contributed by atoms with Crippen molar-refractivity contribution in [1.29, 1.82) is 0 Å². The zero-order valence-electron chi connectivity index (χ0n) is 11.8. The van der Waals surface area contributed by atoms with E-state index in [2.05, 4.69) is 10.6 Å². The lowest BCUT2D eigenvalue weighted by Crippen LogP contribution is -2.38. The number of carbonyl (C=O) groups excluding carboxylic acids is 1. The van der Waals surface area contributed by atoms with Crippen molar-refractivity contribution in [2.45, 2.75) is 13.0 Å². The Morgan fingerprint density at radius 2 is 2.10 bits per heavy atom. The average molecular weight is 279 g/mol. The molecule has 6 heteroatoms. The van der Waals surface area contributed by atoms with E-state index >= 15 is 0 Å². The van der Waals surface area contributed by atoms with Gasteiger partial charge in [0, 0.05) is 20.1 Å². The second-order valence-corrected chi connectivity index (χ2v) is 4.54. The first-order valence-electron chi connectivity index (χ1n) is 6.50. The van der Waals surface area contributed by atoms with Crippen molar-refractivity contribution in [3.05, 3.63) is 35.4 Å². The Balaban J connectivity index is 2.44. The molecule has 0 fully saturated rings. The molecule has 0 radical (unpaired) electrons. The highest BCUT2D eigenvalue weighted by Crippen LogP contribution is 2.05. The Bertz CT molecular complexity index is 463. The van der Waals surface area contributed by atoms with E-state index in [1.165, 1.54) is 6.07 Å². The molecule has 2 amide bonds. The van der Waals surface area contributed by atoms with Crippen molar-refractivity contribution in [1.82, 2.24) is 15.5 Å². The van der Waals surface area contributed by atoms with Gasteiger partial charge in [0.1, 0.15) is 0 Å². The fourth-order valence-electron chi connectivity index (χ4n) is 1.72. The number of carboxylic acids is 1. The summed E-state index contributed by atoms with van der Waals surface area (Å²) in [4.78, 5) is 24.3. The summed E-state index contributed by atoms with van der Waals surface area (Å²) in [7, 11) is 3.61. The van der Waals surface area contributed by atoms with Gasteiger partial charge < -0.3 is 20.6 Å². The molecule has 0 atom stereocenters. The molecular weight excluding hydrogens is 258 g/mol. The molecule has 0 aliphatic heterocycles. The van der Waals surface area contributed by atoms with Crippen LogP contribution < -0.4 is 10.6 Å². The van der Waals surface area contributed by atoms with Crippen LogP contribution in [0.15, 0.2) is 24.3 Å². The highest BCUT2D eigenvalue weighted by molar-refractivity contribution is 5.87. The van der Waals surface area contributed by atoms with Gasteiger partial charge in [0.05, 0.1) is 5.56 Å². The number of carboxylic acid groups (broad SMARTS) is 1. The van der Waals surface area contributed by atoms with Gasteiger partial charge >= 0.3 is 12.0 Å². The van der Waals surface area contributed by atoms with Crippen LogP contribution in [0.4, 0.5) is 4.79 Å². The number of hydrogen-bond donors (Lipinski definition) is 3. The second kappa shape index (κ2) is 8.16. The summed E-state index contributed by atoms with van der Waals surface area (Å²) in [5, 5.41) is 14.7. The van der Waals surface area contributed by atoms with Gasteiger partial charge in [-0.25, -0.2) is 9.59 Å². The Morgan fingerprint density at radius 3 is 2.75 bits per heavy atom. The van der Waals surface area contributed by atoms with E-state index in [4.69, 9.17) is 5.11 Å². The first kappa shape index (κ1) is 16.0. The topological polar surface area (TPSA) is 81.7 Å². The van der Waals surface area contributed by atoms with Crippen LogP contribution in [-0.2, 0) is 6.54 Å². The Kier molecular flexibility index (Phi) is 6.52. The maximum atomic E-state index is 11.8. The lowest BCUT2D eigenvalue weighted by atomic mass is 10.1. The smallest absolute Gasteiger partial charge is 0.335 e. The minimum Gasteiger partial charge on any atom is -0.478 e. The number of carbonyl (C=O) groups is 2. The maximum absolute atomic E-state index is 11.8. The molecule has 110 valence electrons. The fraction of sp³-hybridized carbons (Fsp3) is 0.429. The third-order valence-corrected chi connectivity index (χ3v) is 2.88. The predicted molar refractivity (Wildman–Crippen MR) is 76.8 cm³/mol. The highest BCUT2D eigenvalue weighted by Gasteiger charge is 2.08. The monoisotopic (exact) mass is 279 g/mol. The van der Waals surface area contributed by atoms with Crippen molar-refractivity contribution in [3.63, 3.8) is 0 Å². The maximum Gasteiger partial charge on any atom is 0.335 e. The number of rotatable bonds is 7. The van der Waals surface area contributed by atoms with Crippen LogP contribution in [0.25, 0.3) is 0 Å². The van der Waals surface area contributed by atoms with Crippen LogP contribution in [-0.4, -0.2) is 49.2 Å². The van der Waals surface area contributed by atoms with Gasteiger partial charge in [-0.05, 0) is 37.7 Å². The minimum atomic E-state index is -0.970. The van der Waals surface area contributed by atoms with E-state index in [-0.39, 0.29) is 11.6 Å². The Morgan fingerprint density at radius 1 is 1.35 bits per heavy atom. The molecule has 3 N–H and O–H groups in total. The molecule has 1 aromatic rings. The van der Waals surface area contributed by atoms with Crippen molar-refractivity contribution >= 4 is 12.0 Å². The Hall–Kier alpha value is -2.08. The zero-order chi connectivity index (χ0) is 15.0. The van der Waals surface area contributed by atoms with E-state index in [1.54, 1.807) is 30.1 Å². The van der Waals surface area contributed by atoms with Crippen LogP contribution in [0, 0.1) is 0 Å². The number of nitrogens with zero attached hydrogens (tertiary/aromatic N) is 1. The Labute approximate surface area is 118 Å². The van der Waals surface area contributed by atoms with E-state index < -0.39 is 5.97 Å². The molecule has 6 nitrogen and oxygen atoms in total. The van der Waals surface area contributed by atoms with Gasteiger partial charge in [-0.3, -0.25) is 0 Å². The summed E-state index contributed by atoms with van der Waals surface area (Å²) < 4.78 is 0. The van der Waals surface area contributed by atoms with Crippen molar-refractivity contribution in [3.8, 4) is 0 Å². The summed E-state index contributed by atoms with van der Waals surface area (Å²) in [6.45, 7) is 1.84. The van der Waals surface area contributed by atoms with Gasteiger partial charge in [0.2, 0.25) is 0 Å². The molecular formula is C14H21N3O3. The van der Waals surface area contributed by atoms with Gasteiger partial charge in [0.25, 0.3) is 0 Å². The first-order valence-corrected chi connectivity index (χ1v) is 6.50. The molecule has 0 saturated carbocycles. The van der Waals surface area contributed by atoms with Crippen molar-refractivity contribution in [2.75, 3.05) is 27.2 Å². The quantitative estimate of drug-likeness (QED) is 0.654. The van der Waals surface area contributed by atoms with Crippen LogP contribution in [0.1, 0.15) is 22.3 Å².